The Morgan fingerprint density at radius 3 is 2.06 bits per heavy atom. The third kappa shape index (κ3) is 4.30. The zero-order chi connectivity index (χ0) is 21.6. The van der Waals surface area contributed by atoms with E-state index in [-0.39, 0.29) is 31.7 Å². The summed E-state index contributed by atoms with van der Waals surface area (Å²) in [6.45, 7) is 5.60. The molecule has 0 atom stereocenters. The number of rotatable bonds is 5. The van der Waals surface area contributed by atoms with Gasteiger partial charge < -0.3 is 18.9 Å². The molecule has 6 heteroatoms. The summed E-state index contributed by atoms with van der Waals surface area (Å²) in [6.07, 6.45) is 11.1. The molecule has 0 aromatic carbocycles. The zero-order valence-electron chi connectivity index (χ0n) is 18.7. The first-order chi connectivity index (χ1) is 14.9. The van der Waals surface area contributed by atoms with Crippen molar-refractivity contribution in [3.8, 4) is 0 Å². The molecule has 1 saturated heterocycles. The smallest absolute Gasteiger partial charge is 0.333 e. The Morgan fingerprint density at radius 1 is 0.935 bits per heavy atom. The van der Waals surface area contributed by atoms with E-state index in [4.69, 9.17) is 18.9 Å². The second-order valence-corrected chi connectivity index (χ2v) is 11.0. The monoisotopic (exact) mass is 432 g/mol. The van der Waals surface area contributed by atoms with Crippen LogP contribution in [0.1, 0.15) is 77.6 Å². The van der Waals surface area contributed by atoms with Gasteiger partial charge in [-0.15, -0.1) is 0 Å². The molecule has 4 bridgehead atoms. The lowest BCUT2D eigenvalue weighted by molar-refractivity contribution is -0.329. The quantitative estimate of drug-likeness (QED) is 0.476. The minimum atomic E-state index is -1.15. The van der Waals surface area contributed by atoms with Gasteiger partial charge in [-0.25, -0.2) is 4.79 Å². The number of esters is 2. The molecule has 31 heavy (non-hydrogen) atoms. The van der Waals surface area contributed by atoms with E-state index >= 15 is 0 Å². The van der Waals surface area contributed by atoms with Crippen LogP contribution in [0.25, 0.3) is 0 Å². The molecule has 172 valence electrons. The van der Waals surface area contributed by atoms with Crippen LogP contribution in [0.4, 0.5) is 0 Å². The van der Waals surface area contributed by atoms with Crippen LogP contribution in [0.15, 0.2) is 12.2 Å². The average Bonchev–Trinajstić information content (AvgIpc) is 2.73. The topological polar surface area (TPSA) is 71.1 Å². The Morgan fingerprint density at radius 2 is 1.52 bits per heavy atom. The maximum absolute atomic E-state index is 13.1. The van der Waals surface area contributed by atoms with Crippen LogP contribution in [0.2, 0.25) is 0 Å². The molecule has 6 rings (SSSR count). The van der Waals surface area contributed by atoms with Crippen molar-refractivity contribution in [1.29, 1.82) is 0 Å². The van der Waals surface area contributed by atoms with Crippen molar-refractivity contribution in [2.45, 2.75) is 95.0 Å². The summed E-state index contributed by atoms with van der Waals surface area (Å²) in [6, 6.07) is 0. The molecule has 0 unspecified atom stereocenters. The summed E-state index contributed by atoms with van der Waals surface area (Å²) in [4.78, 5) is 25.5. The maximum Gasteiger partial charge on any atom is 0.333 e. The molecule has 0 amide bonds. The van der Waals surface area contributed by atoms with Gasteiger partial charge in [0.2, 0.25) is 0 Å². The first-order valence-corrected chi connectivity index (χ1v) is 12.2. The van der Waals surface area contributed by atoms with Crippen LogP contribution in [-0.4, -0.2) is 42.6 Å². The van der Waals surface area contributed by atoms with Gasteiger partial charge in [-0.1, -0.05) is 13.0 Å². The fourth-order valence-electron chi connectivity index (χ4n) is 6.99. The summed E-state index contributed by atoms with van der Waals surface area (Å²) >= 11 is 0. The lowest BCUT2D eigenvalue weighted by atomic mass is 9.55. The minimum Gasteiger partial charge on any atom is -0.462 e. The molecule has 0 N–H and O–H groups in total. The minimum absolute atomic E-state index is 0.0179. The predicted molar refractivity (Wildman–Crippen MR) is 113 cm³/mol. The SMILES string of the molecule is C=C(C)C(=O)OC1(CC(=O)OC2C3CC4CC(C3)CC2C4)COC2(CCCCC2)OC1. The van der Waals surface area contributed by atoms with E-state index in [0.29, 0.717) is 17.4 Å². The van der Waals surface area contributed by atoms with Crippen LogP contribution < -0.4 is 0 Å². The predicted octanol–water partition coefficient (Wildman–Crippen LogP) is 4.31. The van der Waals surface area contributed by atoms with Gasteiger partial charge in [0.1, 0.15) is 6.10 Å². The van der Waals surface area contributed by atoms with E-state index < -0.39 is 17.4 Å². The third-order valence-corrected chi connectivity index (χ3v) is 8.34. The molecular weight excluding hydrogens is 396 g/mol. The highest BCUT2D eigenvalue weighted by Crippen LogP contribution is 2.54. The lowest BCUT2D eigenvalue weighted by Crippen LogP contribution is -2.57. The summed E-state index contributed by atoms with van der Waals surface area (Å²) < 4.78 is 24.1. The van der Waals surface area contributed by atoms with Crippen molar-refractivity contribution in [1.82, 2.24) is 0 Å². The van der Waals surface area contributed by atoms with Gasteiger partial charge in [0.15, 0.2) is 11.4 Å². The standard InChI is InChI=1S/C25H36O6/c1-16(2)23(27)31-24(14-28-25(29-15-24)6-4-3-5-7-25)13-21(26)30-22-19-9-17-8-18(11-19)12-20(22)10-17/h17-20,22H,1,3-15H2,2H3. The average molecular weight is 433 g/mol. The lowest BCUT2D eigenvalue weighted by Gasteiger charge is -2.53. The molecule has 6 nitrogen and oxygen atoms in total. The Bertz CT molecular complexity index is 698. The van der Waals surface area contributed by atoms with E-state index in [1.165, 1.54) is 38.5 Å². The molecule has 6 aliphatic rings. The van der Waals surface area contributed by atoms with Crippen LogP contribution in [-0.2, 0) is 28.5 Å². The zero-order valence-corrected chi connectivity index (χ0v) is 18.7. The molecule has 1 heterocycles. The van der Waals surface area contributed by atoms with Gasteiger partial charge in [0.05, 0.1) is 19.6 Å². The largest absolute Gasteiger partial charge is 0.462 e. The van der Waals surface area contributed by atoms with E-state index in [1.54, 1.807) is 6.92 Å². The molecule has 0 aromatic rings. The highest BCUT2D eigenvalue weighted by Gasteiger charge is 2.52. The second kappa shape index (κ2) is 8.18. The van der Waals surface area contributed by atoms with Crippen LogP contribution in [0.5, 0.6) is 0 Å². The highest BCUT2D eigenvalue weighted by molar-refractivity contribution is 5.87. The number of carbonyl (C=O) groups excluding carboxylic acids is 2. The second-order valence-electron chi connectivity index (χ2n) is 11.0. The number of hydrogen-bond donors (Lipinski definition) is 0. The van der Waals surface area contributed by atoms with Crippen molar-refractivity contribution in [3.63, 3.8) is 0 Å². The van der Waals surface area contributed by atoms with Crippen molar-refractivity contribution >= 4 is 11.9 Å². The van der Waals surface area contributed by atoms with Gasteiger partial charge in [0.25, 0.3) is 0 Å². The van der Waals surface area contributed by atoms with Crippen molar-refractivity contribution in [2.75, 3.05) is 13.2 Å². The summed E-state index contributed by atoms with van der Waals surface area (Å²) in [5.74, 6) is 1.23. The molecule has 0 aromatic heterocycles. The highest BCUT2D eigenvalue weighted by atomic mass is 16.7. The van der Waals surface area contributed by atoms with Gasteiger partial charge in [-0.05, 0) is 75.5 Å². The van der Waals surface area contributed by atoms with E-state index in [0.717, 1.165) is 37.5 Å². The van der Waals surface area contributed by atoms with E-state index in [9.17, 15) is 9.59 Å². The van der Waals surface area contributed by atoms with Crippen molar-refractivity contribution in [2.24, 2.45) is 23.7 Å². The van der Waals surface area contributed by atoms with Gasteiger partial charge >= 0.3 is 11.9 Å². The van der Waals surface area contributed by atoms with Gasteiger partial charge in [-0.3, -0.25) is 4.79 Å². The molecule has 6 fully saturated rings. The van der Waals surface area contributed by atoms with Crippen LogP contribution in [0.3, 0.4) is 0 Å². The number of ether oxygens (including phenoxy) is 4. The van der Waals surface area contributed by atoms with E-state index in [2.05, 4.69) is 6.58 Å². The Labute approximate surface area is 185 Å². The Balaban J connectivity index is 1.25. The maximum atomic E-state index is 13.1. The molecule has 1 spiro atoms. The molecular formula is C25H36O6. The van der Waals surface area contributed by atoms with E-state index in [1.807, 2.05) is 0 Å². The van der Waals surface area contributed by atoms with Gasteiger partial charge in [0, 0.05) is 18.4 Å². The molecule has 5 aliphatic carbocycles. The first-order valence-electron chi connectivity index (χ1n) is 12.2. The number of carbonyl (C=O) groups is 2. The Hall–Kier alpha value is -1.40. The summed E-state index contributed by atoms with van der Waals surface area (Å²) in [7, 11) is 0. The third-order valence-electron chi connectivity index (χ3n) is 8.34. The van der Waals surface area contributed by atoms with Crippen LogP contribution >= 0.6 is 0 Å². The number of hydrogen-bond acceptors (Lipinski definition) is 6. The van der Waals surface area contributed by atoms with Crippen LogP contribution in [0, 0.1) is 23.7 Å². The molecule has 5 saturated carbocycles. The Kier molecular flexibility index (Phi) is 5.66. The first kappa shape index (κ1) is 21.4. The van der Waals surface area contributed by atoms with Crippen molar-refractivity contribution < 1.29 is 28.5 Å². The van der Waals surface area contributed by atoms with Crippen molar-refractivity contribution in [3.05, 3.63) is 12.2 Å². The fourth-order valence-corrected chi connectivity index (χ4v) is 6.99. The molecule has 0 radical (unpaired) electrons. The normalized spacial score (nSPS) is 37.4. The summed E-state index contributed by atoms with van der Waals surface area (Å²) in [5, 5.41) is 0. The molecule has 1 aliphatic heterocycles. The fraction of sp³-hybridized carbons (Fsp3) is 0.840. The summed E-state index contributed by atoms with van der Waals surface area (Å²) in [5.41, 5.74) is -0.853. The van der Waals surface area contributed by atoms with Gasteiger partial charge in [-0.2, -0.15) is 0 Å².